The van der Waals surface area contributed by atoms with E-state index in [9.17, 15) is 9.90 Å². The van der Waals surface area contributed by atoms with Crippen molar-refractivity contribution in [3.63, 3.8) is 0 Å². The van der Waals surface area contributed by atoms with Crippen molar-refractivity contribution in [3.8, 4) is 11.5 Å². The molecule has 1 atom stereocenters. The standard InChI is InChI=1S/C17H22O6/c1-15(2)9-20-16(3,21-10-15)8-17(4)22-12-7-5-6-11(18)13(12)14(19)23-17/h5-7,18H,8-10H2,1-4H3. The van der Waals surface area contributed by atoms with Gasteiger partial charge in [0.15, 0.2) is 5.79 Å². The summed E-state index contributed by atoms with van der Waals surface area (Å²) in [4.78, 5) is 12.2. The summed E-state index contributed by atoms with van der Waals surface area (Å²) in [5.41, 5.74) is -0.00940. The van der Waals surface area contributed by atoms with Gasteiger partial charge in [-0.05, 0) is 19.1 Å². The van der Waals surface area contributed by atoms with E-state index in [0.717, 1.165) is 0 Å². The third kappa shape index (κ3) is 3.14. The number of phenolic OH excluding ortho intramolecular Hbond substituents is 1. The van der Waals surface area contributed by atoms with Crippen LogP contribution < -0.4 is 4.74 Å². The summed E-state index contributed by atoms with van der Waals surface area (Å²) in [7, 11) is 0. The number of aromatic hydroxyl groups is 1. The Kier molecular flexibility index (Phi) is 3.57. The van der Waals surface area contributed by atoms with Gasteiger partial charge in [0, 0.05) is 12.3 Å². The van der Waals surface area contributed by atoms with Gasteiger partial charge in [-0.3, -0.25) is 0 Å². The van der Waals surface area contributed by atoms with Crippen LogP contribution in [0.5, 0.6) is 11.5 Å². The van der Waals surface area contributed by atoms with Crippen molar-refractivity contribution in [3.05, 3.63) is 23.8 Å². The Morgan fingerprint density at radius 2 is 1.70 bits per heavy atom. The Bertz CT molecular complexity index is 628. The molecule has 2 aliphatic rings. The van der Waals surface area contributed by atoms with E-state index in [4.69, 9.17) is 18.9 Å². The fraction of sp³-hybridized carbons (Fsp3) is 0.588. The summed E-state index contributed by atoms with van der Waals surface area (Å²) in [6.07, 6.45) is 0.219. The number of cyclic esters (lactones) is 1. The van der Waals surface area contributed by atoms with Crippen LogP contribution in [0.15, 0.2) is 18.2 Å². The molecule has 1 fully saturated rings. The molecule has 0 aromatic heterocycles. The van der Waals surface area contributed by atoms with Crippen LogP contribution in [-0.2, 0) is 14.2 Å². The fourth-order valence-corrected chi connectivity index (χ4v) is 2.85. The molecule has 2 heterocycles. The lowest BCUT2D eigenvalue weighted by atomic mass is 9.93. The Balaban J connectivity index is 1.80. The highest BCUT2D eigenvalue weighted by atomic mass is 16.7. The SMILES string of the molecule is CC1(C)COC(C)(CC2(C)OC(=O)c3c(O)cccc3O2)OC1. The Morgan fingerprint density at radius 3 is 2.35 bits per heavy atom. The van der Waals surface area contributed by atoms with E-state index in [1.54, 1.807) is 19.1 Å². The van der Waals surface area contributed by atoms with Gasteiger partial charge in [-0.1, -0.05) is 19.9 Å². The van der Waals surface area contributed by atoms with Crippen LogP contribution in [0.1, 0.15) is 44.5 Å². The van der Waals surface area contributed by atoms with Crippen molar-refractivity contribution >= 4 is 5.97 Å². The fourth-order valence-electron chi connectivity index (χ4n) is 2.85. The molecule has 0 amide bonds. The third-order valence-corrected chi connectivity index (χ3v) is 4.02. The average molecular weight is 322 g/mol. The van der Waals surface area contributed by atoms with Gasteiger partial charge >= 0.3 is 5.97 Å². The smallest absolute Gasteiger partial charge is 0.349 e. The van der Waals surface area contributed by atoms with Crippen LogP contribution in [-0.4, -0.2) is 35.9 Å². The van der Waals surface area contributed by atoms with Gasteiger partial charge in [-0.25, -0.2) is 4.79 Å². The predicted octanol–water partition coefficient (Wildman–Crippen LogP) is 2.84. The van der Waals surface area contributed by atoms with Crippen LogP contribution in [0.4, 0.5) is 0 Å². The van der Waals surface area contributed by atoms with Crippen LogP contribution in [0.2, 0.25) is 0 Å². The number of hydrogen-bond acceptors (Lipinski definition) is 6. The Hall–Kier alpha value is -1.79. The molecule has 0 spiro atoms. The highest BCUT2D eigenvalue weighted by Crippen LogP contribution is 2.41. The highest BCUT2D eigenvalue weighted by Gasteiger charge is 2.48. The number of phenols is 1. The second kappa shape index (κ2) is 5.11. The first-order valence-electron chi connectivity index (χ1n) is 7.64. The molecule has 3 rings (SSSR count). The number of fused-ring (bicyclic) bond motifs is 1. The third-order valence-electron chi connectivity index (χ3n) is 4.02. The van der Waals surface area contributed by atoms with E-state index in [1.807, 2.05) is 6.92 Å². The van der Waals surface area contributed by atoms with Crippen molar-refractivity contribution in [2.45, 2.75) is 45.7 Å². The van der Waals surface area contributed by atoms with E-state index in [1.165, 1.54) is 6.07 Å². The number of rotatable bonds is 2. The lowest BCUT2D eigenvalue weighted by Gasteiger charge is -2.45. The topological polar surface area (TPSA) is 74.2 Å². The normalized spacial score (nSPS) is 28.4. The van der Waals surface area contributed by atoms with Gasteiger partial charge in [0.25, 0.3) is 5.79 Å². The lowest BCUT2D eigenvalue weighted by molar-refractivity contribution is -0.319. The van der Waals surface area contributed by atoms with E-state index >= 15 is 0 Å². The first kappa shape index (κ1) is 16.1. The second-order valence-corrected chi connectivity index (χ2v) is 7.33. The summed E-state index contributed by atoms with van der Waals surface area (Å²) in [6.45, 7) is 8.68. The molecule has 2 aliphatic heterocycles. The maximum absolute atomic E-state index is 12.2. The number of esters is 1. The molecule has 0 saturated carbocycles. The number of carbonyl (C=O) groups excluding carboxylic acids is 1. The first-order chi connectivity index (χ1) is 10.6. The molecule has 1 N–H and O–H groups in total. The molecule has 0 radical (unpaired) electrons. The predicted molar refractivity (Wildman–Crippen MR) is 81.3 cm³/mol. The summed E-state index contributed by atoms with van der Waals surface area (Å²) < 4.78 is 23.0. The van der Waals surface area contributed by atoms with E-state index in [2.05, 4.69) is 13.8 Å². The minimum absolute atomic E-state index is 0.0433. The van der Waals surface area contributed by atoms with Crippen LogP contribution >= 0.6 is 0 Å². The first-order valence-corrected chi connectivity index (χ1v) is 7.64. The van der Waals surface area contributed by atoms with E-state index in [-0.39, 0.29) is 23.1 Å². The molecule has 6 heteroatoms. The van der Waals surface area contributed by atoms with Gasteiger partial charge in [0.2, 0.25) is 0 Å². The molecule has 6 nitrogen and oxygen atoms in total. The minimum Gasteiger partial charge on any atom is -0.507 e. The number of hydrogen-bond donors (Lipinski definition) is 1. The van der Waals surface area contributed by atoms with Crippen LogP contribution in [0, 0.1) is 5.41 Å². The lowest BCUT2D eigenvalue weighted by Crippen LogP contribution is -2.53. The maximum Gasteiger partial charge on any atom is 0.349 e. The van der Waals surface area contributed by atoms with Gasteiger partial charge in [0.1, 0.15) is 17.1 Å². The van der Waals surface area contributed by atoms with Crippen molar-refractivity contribution in [1.29, 1.82) is 0 Å². The van der Waals surface area contributed by atoms with Gasteiger partial charge < -0.3 is 24.1 Å². The molecule has 0 aliphatic carbocycles. The monoisotopic (exact) mass is 322 g/mol. The van der Waals surface area contributed by atoms with Gasteiger partial charge in [0.05, 0.1) is 19.6 Å². The van der Waals surface area contributed by atoms with E-state index in [0.29, 0.717) is 19.0 Å². The zero-order valence-corrected chi connectivity index (χ0v) is 13.8. The number of ether oxygens (including phenoxy) is 4. The Morgan fingerprint density at radius 1 is 1.04 bits per heavy atom. The summed E-state index contributed by atoms with van der Waals surface area (Å²) >= 11 is 0. The Labute approximate surface area is 135 Å². The van der Waals surface area contributed by atoms with Crippen molar-refractivity contribution < 1.29 is 28.8 Å². The van der Waals surface area contributed by atoms with Crippen LogP contribution in [0.25, 0.3) is 0 Å². The molecule has 1 unspecified atom stereocenters. The molecular weight excluding hydrogens is 300 g/mol. The summed E-state index contributed by atoms with van der Waals surface area (Å²) in [5, 5.41) is 9.80. The molecule has 1 aromatic carbocycles. The number of carbonyl (C=O) groups is 1. The zero-order valence-electron chi connectivity index (χ0n) is 13.8. The molecule has 23 heavy (non-hydrogen) atoms. The zero-order chi connectivity index (χ0) is 16.9. The summed E-state index contributed by atoms with van der Waals surface area (Å²) in [6, 6.07) is 4.66. The molecule has 0 bridgehead atoms. The van der Waals surface area contributed by atoms with Crippen molar-refractivity contribution in [1.82, 2.24) is 0 Å². The molecule has 1 aromatic rings. The summed E-state index contributed by atoms with van der Waals surface area (Å²) in [5.74, 6) is -2.62. The van der Waals surface area contributed by atoms with Gasteiger partial charge in [-0.15, -0.1) is 0 Å². The minimum atomic E-state index is -1.23. The molecular formula is C17H22O6. The largest absolute Gasteiger partial charge is 0.507 e. The van der Waals surface area contributed by atoms with Crippen molar-refractivity contribution in [2.75, 3.05) is 13.2 Å². The maximum atomic E-state index is 12.2. The van der Waals surface area contributed by atoms with Crippen LogP contribution in [0.3, 0.4) is 0 Å². The quantitative estimate of drug-likeness (QED) is 0.844. The van der Waals surface area contributed by atoms with Crippen molar-refractivity contribution in [2.24, 2.45) is 5.41 Å². The van der Waals surface area contributed by atoms with E-state index < -0.39 is 17.5 Å². The van der Waals surface area contributed by atoms with Gasteiger partial charge in [-0.2, -0.15) is 0 Å². The highest BCUT2D eigenvalue weighted by molar-refractivity contribution is 5.96. The number of benzene rings is 1. The molecule has 1 saturated heterocycles. The average Bonchev–Trinajstić information content (AvgIpc) is 2.41. The molecule has 126 valence electrons. The second-order valence-electron chi connectivity index (χ2n) is 7.33.